The highest BCUT2D eigenvalue weighted by atomic mass is 16.1. The Morgan fingerprint density at radius 3 is 1.94 bits per heavy atom. The van der Waals surface area contributed by atoms with Gasteiger partial charge in [-0.05, 0) is 97.1 Å². The first-order valence-corrected chi connectivity index (χ1v) is 15.8. The smallest absolute Gasteiger partial charge is 0.263 e. The van der Waals surface area contributed by atoms with E-state index in [0.717, 1.165) is 33.5 Å². The molecule has 0 aliphatic rings. The maximum absolute atomic E-state index is 13.6. The van der Waals surface area contributed by atoms with Gasteiger partial charge in [-0.1, -0.05) is 116 Å². The third-order valence-electron chi connectivity index (χ3n) is 8.53. The van der Waals surface area contributed by atoms with E-state index in [1.807, 2.05) is 37.3 Å². The van der Waals surface area contributed by atoms with Crippen LogP contribution in [0.5, 0.6) is 0 Å². The summed E-state index contributed by atoms with van der Waals surface area (Å²) >= 11 is 0. The number of hydrogen-bond donors (Lipinski definition) is 0. The van der Waals surface area contributed by atoms with Crippen molar-refractivity contribution in [1.29, 1.82) is 0 Å². The Labute approximate surface area is 276 Å². The molecule has 0 radical (unpaired) electrons. The summed E-state index contributed by atoms with van der Waals surface area (Å²) in [5.74, 6) is 0. The van der Waals surface area contributed by atoms with E-state index >= 15 is 0 Å². The molecule has 0 saturated carbocycles. The highest BCUT2D eigenvalue weighted by Gasteiger charge is 2.16. The van der Waals surface area contributed by atoms with Crippen molar-refractivity contribution >= 4 is 27.5 Å². The summed E-state index contributed by atoms with van der Waals surface area (Å²) in [5, 5.41) is 2.44. The first kappa shape index (κ1) is 31.1. The number of nitrogens with zero attached hydrogens (tertiary/aromatic N) is 2. The fraction of sp³-hybridized carbons (Fsp3) is 0.0682. The fourth-order valence-corrected chi connectivity index (χ4v) is 6.19. The summed E-state index contributed by atoms with van der Waals surface area (Å²) < 4.78 is 3.95. The summed E-state index contributed by atoms with van der Waals surface area (Å²) in [4.78, 5) is 13.6. The van der Waals surface area contributed by atoms with Crippen LogP contribution in [0, 0.1) is 20.8 Å². The number of pyridine rings is 1. The van der Waals surface area contributed by atoms with Crippen LogP contribution in [0.2, 0.25) is 0 Å². The van der Waals surface area contributed by atoms with Gasteiger partial charge in [-0.2, -0.15) is 0 Å². The van der Waals surface area contributed by atoms with Gasteiger partial charge in [0.1, 0.15) is 0 Å². The molecule has 7 rings (SSSR count). The van der Waals surface area contributed by atoms with Crippen LogP contribution in [0.15, 0.2) is 170 Å². The Bertz CT molecular complexity index is 2320. The van der Waals surface area contributed by atoms with Gasteiger partial charge in [0.25, 0.3) is 5.56 Å². The molecule has 5 aromatic carbocycles. The summed E-state index contributed by atoms with van der Waals surface area (Å²) in [5.41, 5.74) is 11.3. The maximum Gasteiger partial charge on any atom is 0.263 e. The van der Waals surface area contributed by atoms with Gasteiger partial charge in [-0.3, -0.25) is 9.36 Å². The van der Waals surface area contributed by atoms with E-state index in [0.29, 0.717) is 11.3 Å². The molecular formula is C44H38N2O. The van der Waals surface area contributed by atoms with Gasteiger partial charge in [-0.25, -0.2) is 0 Å². The van der Waals surface area contributed by atoms with Crippen LogP contribution in [0.1, 0.15) is 16.7 Å². The number of allylic oxidation sites excluding steroid dienone is 4. The molecule has 0 unspecified atom stereocenters. The Kier molecular flexibility index (Phi) is 8.99. The lowest BCUT2D eigenvalue weighted by Crippen LogP contribution is -2.21. The zero-order chi connectivity index (χ0) is 32.9. The highest BCUT2D eigenvalue weighted by Crippen LogP contribution is 2.36. The molecule has 0 N–H and O–H groups in total. The lowest BCUT2D eigenvalue weighted by atomic mass is 9.93. The average Bonchev–Trinajstić information content (AvgIpc) is 3.43. The van der Waals surface area contributed by atoms with Crippen molar-refractivity contribution in [1.82, 2.24) is 9.13 Å². The molecule has 0 atom stereocenters. The SMILES string of the molecule is C=C/C=C(\C=C)n1ccc(C)c(-c2ccc(-c3ccc4c(c3)c3ccccc3n4-c3ccccc3)cc2C)c1=O.Cc1ccccc1. The molecular weight excluding hydrogens is 572 g/mol. The molecule has 2 heterocycles. The third kappa shape index (κ3) is 6.16. The summed E-state index contributed by atoms with van der Waals surface area (Å²) in [6, 6.07) is 44.3. The van der Waals surface area contributed by atoms with Gasteiger partial charge in [0.2, 0.25) is 0 Å². The van der Waals surface area contributed by atoms with Crippen molar-refractivity contribution in [3.63, 3.8) is 0 Å². The van der Waals surface area contributed by atoms with Crippen LogP contribution in [0.4, 0.5) is 0 Å². The van der Waals surface area contributed by atoms with E-state index in [1.165, 1.54) is 27.4 Å². The van der Waals surface area contributed by atoms with Gasteiger partial charge >= 0.3 is 0 Å². The molecule has 7 aromatic rings. The zero-order valence-electron chi connectivity index (χ0n) is 27.2. The van der Waals surface area contributed by atoms with Crippen molar-refractivity contribution in [3.05, 3.63) is 192 Å². The zero-order valence-corrected chi connectivity index (χ0v) is 27.2. The maximum atomic E-state index is 13.6. The van der Waals surface area contributed by atoms with Crippen molar-refractivity contribution in [2.45, 2.75) is 20.8 Å². The predicted octanol–water partition coefficient (Wildman–Crippen LogP) is 11.1. The quantitative estimate of drug-likeness (QED) is 0.172. The van der Waals surface area contributed by atoms with Crippen molar-refractivity contribution in [3.8, 4) is 27.9 Å². The molecule has 0 aliphatic heterocycles. The first-order chi connectivity index (χ1) is 22.9. The minimum Gasteiger partial charge on any atom is -0.309 e. The van der Waals surface area contributed by atoms with Gasteiger partial charge in [-0.15, -0.1) is 0 Å². The first-order valence-electron chi connectivity index (χ1n) is 15.8. The highest BCUT2D eigenvalue weighted by molar-refractivity contribution is 6.10. The molecule has 0 bridgehead atoms. The standard InChI is InChI=1S/C37H30N2O.C7H8/c1-5-12-29(6-2)38-22-21-25(3)36(37(38)40)31-19-17-27(23-26(31)4)28-18-20-35-33(24-28)32-15-10-11-16-34(32)39(35)30-13-8-7-9-14-30;1-7-5-3-2-4-6-7/h5-24H,1-2H2,3-4H3;2-6H,1H3/b29-12+;. The second-order valence-electron chi connectivity index (χ2n) is 11.7. The van der Waals surface area contributed by atoms with E-state index in [1.54, 1.807) is 29.0 Å². The van der Waals surface area contributed by atoms with E-state index < -0.39 is 0 Å². The molecule has 0 spiro atoms. The molecule has 0 saturated heterocycles. The van der Waals surface area contributed by atoms with E-state index in [9.17, 15) is 4.79 Å². The van der Waals surface area contributed by atoms with Crippen LogP contribution in [-0.4, -0.2) is 9.13 Å². The van der Waals surface area contributed by atoms with Crippen molar-refractivity contribution < 1.29 is 0 Å². The van der Waals surface area contributed by atoms with E-state index in [4.69, 9.17) is 0 Å². The number of para-hydroxylation sites is 2. The third-order valence-corrected chi connectivity index (χ3v) is 8.53. The predicted molar refractivity (Wildman–Crippen MR) is 201 cm³/mol. The van der Waals surface area contributed by atoms with Crippen LogP contribution in [-0.2, 0) is 0 Å². The normalized spacial score (nSPS) is 11.3. The Morgan fingerprint density at radius 1 is 0.638 bits per heavy atom. The fourth-order valence-electron chi connectivity index (χ4n) is 6.19. The van der Waals surface area contributed by atoms with E-state index in [-0.39, 0.29) is 5.56 Å². The lowest BCUT2D eigenvalue weighted by molar-refractivity contribution is 1.02. The Balaban J connectivity index is 0.000000491. The van der Waals surface area contributed by atoms with Crippen LogP contribution in [0.3, 0.4) is 0 Å². The second kappa shape index (κ2) is 13.6. The average molecular weight is 611 g/mol. The summed E-state index contributed by atoms with van der Waals surface area (Å²) in [7, 11) is 0. The topological polar surface area (TPSA) is 26.9 Å². The molecule has 0 fully saturated rings. The molecule has 0 aliphatic carbocycles. The van der Waals surface area contributed by atoms with Crippen LogP contribution in [0.25, 0.3) is 55.4 Å². The molecule has 47 heavy (non-hydrogen) atoms. The van der Waals surface area contributed by atoms with Crippen LogP contribution < -0.4 is 5.56 Å². The number of hydrogen-bond acceptors (Lipinski definition) is 1. The number of aromatic nitrogens is 2. The van der Waals surface area contributed by atoms with Crippen molar-refractivity contribution in [2.24, 2.45) is 0 Å². The number of fused-ring (bicyclic) bond motifs is 3. The molecule has 0 amide bonds. The Morgan fingerprint density at radius 2 is 1.28 bits per heavy atom. The van der Waals surface area contributed by atoms with Crippen LogP contribution >= 0.6 is 0 Å². The van der Waals surface area contributed by atoms with Gasteiger partial charge < -0.3 is 4.57 Å². The van der Waals surface area contributed by atoms with Gasteiger partial charge in [0.15, 0.2) is 0 Å². The number of benzene rings is 5. The van der Waals surface area contributed by atoms with E-state index in [2.05, 4.69) is 129 Å². The second-order valence-corrected chi connectivity index (χ2v) is 11.7. The van der Waals surface area contributed by atoms with Crippen molar-refractivity contribution in [2.75, 3.05) is 0 Å². The molecule has 3 nitrogen and oxygen atoms in total. The monoisotopic (exact) mass is 610 g/mol. The van der Waals surface area contributed by atoms with Gasteiger partial charge in [0, 0.05) is 28.4 Å². The minimum atomic E-state index is -0.0704. The number of aryl methyl sites for hydroxylation is 3. The molecule has 3 heteroatoms. The Hall–Kier alpha value is -5.93. The summed E-state index contributed by atoms with van der Waals surface area (Å²) in [6.45, 7) is 13.8. The van der Waals surface area contributed by atoms with Gasteiger partial charge in [0.05, 0.1) is 16.6 Å². The molecule has 2 aromatic heterocycles. The largest absolute Gasteiger partial charge is 0.309 e. The summed E-state index contributed by atoms with van der Waals surface area (Å²) in [6.07, 6.45) is 6.91. The minimum absolute atomic E-state index is 0.0704. The molecule has 230 valence electrons. The number of rotatable bonds is 6. The lowest BCUT2D eigenvalue weighted by Gasteiger charge is -2.14.